The normalized spacial score (nSPS) is 14.6. The van der Waals surface area contributed by atoms with E-state index in [0.29, 0.717) is 11.9 Å². The summed E-state index contributed by atoms with van der Waals surface area (Å²) in [6.45, 7) is 1.89. The van der Waals surface area contributed by atoms with Crippen molar-refractivity contribution in [3.63, 3.8) is 0 Å². The Morgan fingerprint density at radius 3 is 2.89 bits per heavy atom. The zero-order valence-corrected chi connectivity index (χ0v) is 15.4. The summed E-state index contributed by atoms with van der Waals surface area (Å²) < 4.78 is 1.42. The molecule has 3 N–H and O–H groups in total. The standard InChI is InChI=1S/C20H21N5O3/c1-12-6-14(15-9-22-25(10-15)11-18(26)19(27)28)8-16(7-12)23-20-21-5-4-17(24-20)13-2-3-13/h4-10,13,18,26H,2-3,11H2,1H3,(H,27,28)(H,21,23,24). The van der Waals surface area contributed by atoms with Gasteiger partial charge in [-0.15, -0.1) is 0 Å². The number of anilines is 2. The van der Waals surface area contributed by atoms with Crippen molar-refractivity contribution in [1.29, 1.82) is 0 Å². The molecule has 1 saturated carbocycles. The number of carbonyl (C=O) groups is 1. The van der Waals surface area contributed by atoms with Crippen molar-refractivity contribution in [2.24, 2.45) is 0 Å². The Kier molecular flexibility index (Phi) is 4.79. The molecule has 1 fully saturated rings. The molecular formula is C20H21N5O3. The van der Waals surface area contributed by atoms with Gasteiger partial charge in [-0.3, -0.25) is 4.68 Å². The minimum Gasteiger partial charge on any atom is -0.479 e. The third-order valence-corrected chi connectivity index (χ3v) is 4.62. The Morgan fingerprint density at radius 1 is 1.32 bits per heavy atom. The van der Waals surface area contributed by atoms with Crippen LogP contribution < -0.4 is 5.32 Å². The molecule has 2 aromatic heterocycles. The zero-order valence-electron chi connectivity index (χ0n) is 15.4. The molecule has 8 heteroatoms. The third-order valence-electron chi connectivity index (χ3n) is 4.62. The number of aliphatic hydroxyl groups excluding tert-OH is 1. The van der Waals surface area contributed by atoms with Gasteiger partial charge in [0.15, 0.2) is 6.10 Å². The topological polar surface area (TPSA) is 113 Å². The molecule has 0 radical (unpaired) electrons. The largest absolute Gasteiger partial charge is 0.479 e. The molecule has 0 saturated heterocycles. The minimum atomic E-state index is -1.49. The quantitative estimate of drug-likeness (QED) is 0.578. The molecule has 4 rings (SSSR count). The van der Waals surface area contributed by atoms with Crippen molar-refractivity contribution in [2.75, 3.05) is 5.32 Å². The molecule has 1 atom stereocenters. The number of aliphatic carboxylic acids is 1. The number of carboxylic acid groups (broad SMARTS) is 1. The Labute approximate surface area is 161 Å². The van der Waals surface area contributed by atoms with Crippen molar-refractivity contribution in [1.82, 2.24) is 19.7 Å². The highest BCUT2D eigenvalue weighted by molar-refractivity contribution is 5.72. The first-order valence-electron chi connectivity index (χ1n) is 9.13. The molecule has 2 heterocycles. The molecule has 8 nitrogen and oxygen atoms in total. The molecule has 0 spiro atoms. The molecular weight excluding hydrogens is 358 g/mol. The number of carboxylic acids is 1. The highest BCUT2D eigenvalue weighted by Crippen LogP contribution is 2.39. The van der Waals surface area contributed by atoms with E-state index in [-0.39, 0.29) is 6.54 Å². The summed E-state index contributed by atoms with van der Waals surface area (Å²) in [4.78, 5) is 19.7. The van der Waals surface area contributed by atoms with Crippen LogP contribution in [0.25, 0.3) is 11.1 Å². The smallest absolute Gasteiger partial charge is 0.334 e. The molecule has 3 aromatic rings. The summed E-state index contributed by atoms with van der Waals surface area (Å²) in [7, 11) is 0. The van der Waals surface area contributed by atoms with Gasteiger partial charge in [0.2, 0.25) is 5.95 Å². The highest BCUT2D eigenvalue weighted by Gasteiger charge is 2.25. The number of aliphatic hydroxyl groups is 1. The van der Waals surface area contributed by atoms with Gasteiger partial charge >= 0.3 is 5.97 Å². The summed E-state index contributed by atoms with van der Waals surface area (Å²) in [6.07, 6.45) is 6.03. The summed E-state index contributed by atoms with van der Waals surface area (Å²) in [6, 6.07) is 7.95. The fraction of sp³-hybridized carbons (Fsp3) is 0.300. The molecule has 0 amide bonds. The maximum atomic E-state index is 10.8. The average Bonchev–Trinajstić information content (AvgIpc) is 3.41. The zero-order chi connectivity index (χ0) is 19.7. The van der Waals surface area contributed by atoms with Gasteiger partial charge in [0.25, 0.3) is 0 Å². The van der Waals surface area contributed by atoms with Crippen molar-refractivity contribution >= 4 is 17.6 Å². The van der Waals surface area contributed by atoms with E-state index in [2.05, 4.69) is 20.4 Å². The van der Waals surface area contributed by atoms with E-state index in [1.165, 1.54) is 17.5 Å². The van der Waals surface area contributed by atoms with Crippen molar-refractivity contribution in [2.45, 2.75) is 38.3 Å². The van der Waals surface area contributed by atoms with Crippen LogP contribution in [0.15, 0.2) is 42.9 Å². The summed E-state index contributed by atoms with van der Waals surface area (Å²) >= 11 is 0. The van der Waals surface area contributed by atoms with Gasteiger partial charge in [0, 0.05) is 35.3 Å². The third kappa shape index (κ3) is 4.17. The van der Waals surface area contributed by atoms with Gasteiger partial charge in [0.05, 0.1) is 12.7 Å². The van der Waals surface area contributed by atoms with Crippen LogP contribution in [0.1, 0.15) is 30.0 Å². The molecule has 144 valence electrons. The summed E-state index contributed by atoms with van der Waals surface area (Å²) in [5.74, 6) is -0.141. The van der Waals surface area contributed by atoms with Crippen LogP contribution in [0, 0.1) is 6.92 Å². The van der Waals surface area contributed by atoms with Crippen LogP contribution in [0.5, 0.6) is 0 Å². The lowest BCUT2D eigenvalue weighted by Crippen LogP contribution is -2.25. The van der Waals surface area contributed by atoms with Gasteiger partial charge in [-0.2, -0.15) is 5.10 Å². The fourth-order valence-electron chi connectivity index (χ4n) is 3.06. The first kappa shape index (κ1) is 18.1. The Hall–Kier alpha value is -3.26. The lowest BCUT2D eigenvalue weighted by molar-refractivity contribution is -0.147. The first-order chi connectivity index (χ1) is 13.5. The van der Waals surface area contributed by atoms with Gasteiger partial charge in [-0.05, 0) is 49.1 Å². The van der Waals surface area contributed by atoms with E-state index in [0.717, 1.165) is 28.1 Å². The van der Waals surface area contributed by atoms with E-state index in [4.69, 9.17) is 5.11 Å². The highest BCUT2D eigenvalue weighted by atomic mass is 16.4. The number of hydrogen-bond acceptors (Lipinski definition) is 6. The second-order valence-electron chi connectivity index (χ2n) is 7.10. The maximum absolute atomic E-state index is 10.8. The number of benzene rings is 1. The molecule has 1 aliphatic carbocycles. The van der Waals surface area contributed by atoms with E-state index in [9.17, 15) is 9.90 Å². The van der Waals surface area contributed by atoms with E-state index in [1.807, 2.05) is 31.2 Å². The van der Waals surface area contributed by atoms with Crippen LogP contribution in [0.3, 0.4) is 0 Å². The lowest BCUT2D eigenvalue weighted by Gasteiger charge is -2.09. The number of hydrogen-bond donors (Lipinski definition) is 3. The number of aromatic nitrogens is 4. The molecule has 1 unspecified atom stereocenters. The Balaban J connectivity index is 1.55. The molecule has 1 aliphatic rings. The summed E-state index contributed by atoms with van der Waals surface area (Å²) in [5, 5.41) is 25.7. The number of nitrogens with one attached hydrogen (secondary N) is 1. The SMILES string of the molecule is Cc1cc(Nc2nccc(C3CC3)n2)cc(-c2cnn(CC(O)C(=O)O)c2)c1. The second-order valence-corrected chi connectivity index (χ2v) is 7.10. The van der Waals surface area contributed by atoms with Crippen molar-refractivity contribution in [3.8, 4) is 11.1 Å². The van der Waals surface area contributed by atoms with E-state index >= 15 is 0 Å². The van der Waals surface area contributed by atoms with Crippen LogP contribution >= 0.6 is 0 Å². The predicted molar refractivity (Wildman–Crippen MR) is 103 cm³/mol. The van der Waals surface area contributed by atoms with Gasteiger partial charge in [0.1, 0.15) is 0 Å². The number of nitrogens with zero attached hydrogens (tertiary/aromatic N) is 4. The fourth-order valence-corrected chi connectivity index (χ4v) is 3.06. The van der Waals surface area contributed by atoms with E-state index < -0.39 is 12.1 Å². The van der Waals surface area contributed by atoms with E-state index in [1.54, 1.807) is 18.6 Å². The first-order valence-corrected chi connectivity index (χ1v) is 9.13. The van der Waals surface area contributed by atoms with Crippen LogP contribution in [-0.2, 0) is 11.3 Å². The molecule has 0 aliphatic heterocycles. The molecule has 1 aromatic carbocycles. The van der Waals surface area contributed by atoms with Crippen LogP contribution in [-0.4, -0.2) is 42.0 Å². The Morgan fingerprint density at radius 2 is 2.14 bits per heavy atom. The average molecular weight is 379 g/mol. The number of aryl methyl sites for hydroxylation is 1. The molecule has 0 bridgehead atoms. The van der Waals surface area contributed by atoms with Crippen LogP contribution in [0.4, 0.5) is 11.6 Å². The van der Waals surface area contributed by atoms with Gasteiger partial charge < -0.3 is 15.5 Å². The van der Waals surface area contributed by atoms with Gasteiger partial charge in [-0.1, -0.05) is 6.07 Å². The number of rotatable bonds is 7. The predicted octanol–water partition coefficient (Wildman–Crippen LogP) is 2.72. The lowest BCUT2D eigenvalue weighted by atomic mass is 10.1. The van der Waals surface area contributed by atoms with Crippen LogP contribution in [0.2, 0.25) is 0 Å². The molecule has 28 heavy (non-hydrogen) atoms. The maximum Gasteiger partial charge on any atom is 0.334 e. The minimum absolute atomic E-state index is 0.103. The van der Waals surface area contributed by atoms with Gasteiger partial charge in [-0.25, -0.2) is 14.8 Å². The second kappa shape index (κ2) is 7.40. The Bertz CT molecular complexity index is 1010. The van der Waals surface area contributed by atoms with Crippen molar-refractivity contribution in [3.05, 3.63) is 54.1 Å². The van der Waals surface area contributed by atoms with Crippen molar-refractivity contribution < 1.29 is 15.0 Å². The summed E-state index contributed by atoms with van der Waals surface area (Å²) in [5.41, 5.74) is 4.75. The monoisotopic (exact) mass is 379 g/mol.